The number of aryl methyl sites for hydroxylation is 1. The first-order valence-corrected chi connectivity index (χ1v) is 5.50. The minimum atomic E-state index is -0.350. The van der Waals surface area contributed by atoms with Crippen LogP contribution in [0.3, 0.4) is 0 Å². The first-order valence-electron chi connectivity index (χ1n) is 4.71. The van der Waals surface area contributed by atoms with Crippen molar-refractivity contribution < 1.29 is 9.13 Å². The van der Waals surface area contributed by atoms with E-state index in [4.69, 9.17) is 4.74 Å². The van der Waals surface area contributed by atoms with Crippen molar-refractivity contribution in [2.75, 3.05) is 0 Å². The zero-order valence-electron chi connectivity index (χ0n) is 8.58. The molecule has 1 heterocycles. The van der Waals surface area contributed by atoms with Gasteiger partial charge in [-0.1, -0.05) is 22.0 Å². The fourth-order valence-electron chi connectivity index (χ4n) is 1.28. The van der Waals surface area contributed by atoms with Gasteiger partial charge in [-0.05, 0) is 25.1 Å². The third-order valence-corrected chi connectivity index (χ3v) is 2.38. The van der Waals surface area contributed by atoms with E-state index in [1.165, 1.54) is 12.1 Å². The third-order valence-electron chi connectivity index (χ3n) is 1.92. The van der Waals surface area contributed by atoms with Crippen LogP contribution in [0.15, 0.2) is 40.9 Å². The van der Waals surface area contributed by atoms with E-state index in [0.29, 0.717) is 16.1 Å². The number of nitrogens with zero attached hydrogens (tertiary/aromatic N) is 1. The van der Waals surface area contributed by atoms with E-state index in [0.717, 1.165) is 5.69 Å². The second-order valence-corrected chi connectivity index (χ2v) is 4.24. The SMILES string of the molecule is Cc1cccc(Oc2cc(F)cc(Br)c2)n1. The summed E-state index contributed by atoms with van der Waals surface area (Å²) in [5.41, 5.74) is 0.855. The van der Waals surface area contributed by atoms with Gasteiger partial charge >= 0.3 is 0 Å². The molecule has 82 valence electrons. The van der Waals surface area contributed by atoms with Gasteiger partial charge in [0.1, 0.15) is 11.6 Å². The van der Waals surface area contributed by atoms with Crippen molar-refractivity contribution in [3.63, 3.8) is 0 Å². The van der Waals surface area contributed by atoms with Gasteiger partial charge in [0.05, 0.1) is 0 Å². The number of halogens is 2. The van der Waals surface area contributed by atoms with Crippen LogP contribution in [0.4, 0.5) is 4.39 Å². The summed E-state index contributed by atoms with van der Waals surface area (Å²) in [6.45, 7) is 1.87. The number of rotatable bonds is 2. The maximum absolute atomic E-state index is 13.1. The largest absolute Gasteiger partial charge is 0.439 e. The molecule has 0 unspecified atom stereocenters. The summed E-state index contributed by atoms with van der Waals surface area (Å²) < 4.78 is 19.2. The summed E-state index contributed by atoms with van der Waals surface area (Å²) in [4.78, 5) is 4.17. The first-order chi connectivity index (χ1) is 7.63. The van der Waals surface area contributed by atoms with Crippen LogP contribution in [-0.4, -0.2) is 4.98 Å². The normalized spacial score (nSPS) is 10.2. The standard InChI is InChI=1S/C12H9BrFNO/c1-8-3-2-4-12(15-8)16-11-6-9(13)5-10(14)7-11/h2-7H,1H3. The summed E-state index contributed by atoms with van der Waals surface area (Å²) in [6, 6.07) is 9.81. The van der Waals surface area contributed by atoms with Gasteiger partial charge in [0, 0.05) is 22.3 Å². The topological polar surface area (TPSA) is 22.1 Å². The van der Waals surface area contributed by atoms with E-state index >= 15 is 0 Å². The molecule has 0 aliphatic rings. The van der Waals surface area contributed by atoms with Gasteiger partial charge in [0.15, 0.2) is 0 Å². The molecule has 4 heteroatoms. The molecule has 1 aromatic heterocycles. The number of hydrogen-bond acceptors (Lipinski definition) is 2. The molecular formula is C12H9BrFNO. The van der Waals surface area contributed by atoms with Crippen LogP contribution >= 0.6 is 15.9 Å². The molecule has 2 aromatic rings. The van der Waals surface area contributed by atoms with Crippen molar-refractivity contribution in [3.8, 4) is 11.6 Å². The average molecular weight is 282 g/mol. The van der Waals surface area contributed by atoms with Crippen molar-refractivity contribution in [1.29, 1.82) is 0 Å². The van der Waals surface area contributed by atoms with Crippen molar-refractivity contribution in [3.05, 3.63) is 52.4 Å². The molecule has 0 radical (unpaired) electrons. The van der Waals surface area contributed by atoms with Gasteiger partial charge in [-0.2, -0.15) is 0 Å². The molecule has 0 aliphatic heterocycles. The highest BCUT2D eigenvalue weighted by molar-refractivity contribution is 9.10. The molecule has 0 spiro atoms. The lowest BCUT2D eigenvalue weighted by atomic mass is 10.3. The number of pyridine rings is 1. The maximum atomic E-state index is 13.1. The Morgan fingerprint density at radius 2 is 2.06 bits per heavy atom. The van der Waals surface area contributed by atoms with E-state index < -0.39 is 0 Å². The van der Waals surface area contributed by atoms with Crippen LogP contribution < -0.4 is 4.74 Å². The Kier molecular flexibility index (Phi) is 3.19. The number of hydrogen-bond donors (Lipinski definition) is 0. The van der Waals surface area contributed by atoms with Crippen LogP contribution in [0, 0.1) is 12.7 Å². The van der Waals surface area contributed by atoms with E-state index in [-0.39, 0.29) is 5.82 Å². The van der Waals surface area contributed by atoms with Crippen LogP contribution in [0.5, 0.6) is 11.6 Å². The molecule has 0 N–H and O–H groups in total. The smallest absolute Gasteiger partial charge is 0.219 e. The van der Waals surface area contributed by atoms with Gasteiger partial charge < -0.3 is 4.74 Å². The van der Waals surface area contributed by atoms with Gasteiger partial charge in [-0.3, -0.25) is 0 Å². The Hall–Kier alpha value is -1.42. The van der Waals surface area contributed by atoms with E-state index in [1.807, 2.05) is 19.1 Å². The van der Waals surface area contributed by atoms with Crippen molar-refractivity contribution in [2.24, 2.45) is 0 Å². The molecule has 1 aromatic carbocycles. The Balaban J connectivity index is 2.27. The highest BCUT2D eigenvalue weighted by Gasteiger charge is 2.02. The number of aromatic nitrogens is 1. The first kappa shape index (κ1) is 11.1. The second kappa shape index (κ2) is 4.61. The average Bonchev–Trinajstić information content (AvgIpc) is 2.15. The summed E-state index contributed by atoms with van der Waals surface area (Å²) >= 11 is 3.20. The molecule has 2 rings (SSSR count). The molecule has 0 bridgehead atoms. The Morgan fingerprint density at radius 1 is 1.25 bits per heavy atom. The maximum Gasteiger partial charge on any atom is 0.219 e. The molecule has 0 atom stereocenters. The van der Waals surface area contributed by atoms with Crippen LogP contribution in [-0.2, 0) is 0 Å². The molecule has 2 nitrogen and oxygen atoms in total. The highest BCUT2D eigenvalue weighted by Crippen LogP contribution is 2.24. The third kappa shape index (κ3) is 2.79. The zero-order valence-corrected chi connectivity index (χ0v) is 10.2. The van der Waals surface area contributed by atoms with Gasteiger partial charge in [-0.25, -0.2) is 9.37 Å². The van der Waals surface area contributed by atoms with Crippen LogP contribution in [0.1, 0.15) is 5.69 Å². The van der Waals surface area contributed by atoms with Crippen LogP contribution in [0.25, 0.3) is 0 Å². The molecule has 0 aliphatic carbocycles. The van der Waals surface area contributed by atoms with Crippen LogP contribution in [0.2, 0.25) is 0 Å². The van der Waals surface area contributed by atoms with Gasteiger partial charge in [0.2, 0.25) is 5.88 Å². The Bertz CT molecular complexity index is 496. The number of benzene rings is 1. The molecule has 16 heavy (non-hydrogen) atoms. The molecular weight excluding hydrogens is 273 g/mol. The van der Waals surface area contributed by atoms with Gasteiger partial charge in [0.25, 0.3) is 0 Å². The molecule has 0 saturated carbocycles. The second-order valence-electron chi connectivity index (χ2n) is 3.32. The summed E-state index contributed by atoms with van der Waals surface area (Å²) in [7, 11) is 0. The van der Waals surface area contributed by atoms with Crippen molar-refractivity contribution in [2.45, 2.75) is 6.92 Å². The minimum absolute atomic E-state index is 0.350. The zero-order chi connectivity index (χ0) is 11.5. The predicted molar refractivity (Wildman–Crippen MR) is 63.1 cm³/mol. The molecule has 0 fully saturated rings. The monoisotopic (exact) mass is 281 g/mol. The fraction of sp³-hybridized carbons (Fsp3) is 0.0833. The minimum Gasteiger partial charge on any atom is -0.439 e. The lowest BCUT2D eigenvalue weighted by Gasteiger charge is -2.05. The highest BCUT2D eigenvalue weighted by atomic mass is 79.9. The number of ether oxygens (including phenoxy) is 1. The van der Waals surface area contributed by atoms with E-state index in [1.54, 1.807) is 12.1 Å². The van der Waals surface area contributed by atoms with E-state index in [2.05, 4.69) is 20.9 Å². The Morgan fingerprint density at radius 3 is 2.75 bits per heavy atom. The summed E-state index contributed by atoms with van der Waals surface area (Å²) in [6.07, 6.45) is 0. The van der Waals surface area contributed by atoms with Gasteiger partial charge in [-0.15, -0.1) is 0 Å². The van der Waals surface area contributed by atoms with Crippen molar-refractivity contribution >= 4 is 15.9 Å². The quantitative estimate of drug-likeness (QED) is 0.827. The Labute approximate surface area is 101 Å². The predicted octanol–water partition coefficient (Wildman–Crippen LogP) is 4.08. The lowest BCUT2D eigenvalue weighted by Crippen LogP contribution is -1.90. The fourth-order valence-corrected chi connectivity index (χ4v) is 1.73. The molecule has 0 saturated heterocycles. The summed E-state index contributed by atoms with van der Waals surface area (Å²) in [5.74, 6) is 0.527. The lowest BCUT2D eigenvalue weighted by molar-refractivity contribution is 0.456. The van der Waals surface area contributed by atoms with E-state index in [9.17, 15) is 4.39 Å². The van der Waals surface area contributed by atoms with Crippen molar-refractivity contribution in [1.82, 2.24) is 4.98 Å². The molecule has 0 amide bonds. The summed E-state index contributed by atoms with van der Waals surface area (Å²) in [5, 5.41) is 0.